The van der Waals surface area contributed by atoms with Gasteiger partial charge in [-0.2, -0.15) is 0 Å². The average Bonchev–Trinajstić information content (AvgIpc) is 3.08. The predicted octanol–water partition coefficient (Wildman–Crippen LogP) is 1.23. The van der Waals surface area contributed by atoms with Crippen LogP contribution in [0.25, 0.3) is 0 Å². The summed E-state index contributed by atoms with van der Waals surface area (Å²) in [4.78, 5) is 11.9. The summed E-state index contributed by atoms with van der Waals surface area (Å²) >= 11 is 0. The lowest BCUT2D eigenvalue weighted by Crippen LogP contribution is -2.41. The number of ether oxygens (including phenoxy) is 1. The molecule has 0 aromatic heterocycles. The van der Waals surface area contributed by atoms with Crippen molar-refractivity contribution in [3.05, 3.63) is 0 Å². The highest BCUT2D eigenvalue weighted by atomic mass is 35.5. The first-order chi connectivity index (χ1) is 9.70. The van der Waals surface area contributed by atoms with E-state index in [2.05, 4.69) is 10.6 Å². The van der Waals surface area contributed by atoms with Gasteiger partial charge >= 0.3 is 0 Å². The van der Waals surface area contributed by atoms with Crippen LogP contribution in [0.4, 0.5) is 0 Å². The van der Waals surface area contributed by atoms with Crippen LogP contribution in [-0.4, -0.2) is 49.0 Å². The second kappa shape index (κ2) is 9.62. The van der Waals surface area contributed by atoms with E-state index in [0.717, 1.165) is 13.0 Å². The van der Waals surface area contributed by atoms with E-state index in [1.54, 1.807) is 0 Å². The van der Waals surface area contributed by atoms with Crippen molar-refractivity contribution in [1.29, 1.82) is 0 Å². The minimum Gasteiger partial charge on any atom is -0.392 e. The third-order valence-electron chi connectivity index (χ3n) is 4.46. The van der Waals surface area contributed by atoms with Gasteiger partial charge in [-0.15, -0.1) is 12.4 Å². The zero-order chi connectivity index (χ0) is 14.4. The van der Waals surface area contributed by atoms with E-state index >= 15 is 0 Å². The highest BCUT2D eigenvalue weighted by Crippen LogP contribution is 2.30. The molecule has 2 fully saturated rings. The molecule has 3 atom stereocenters. The fourth-order valence-electron chi connectivity index (χ4n) is 3.38. The zero-order valence-electron chi connectivity index (χ0n) is 12.8. The second-order valence-corrected chi connectivity index (χ2v) is 5.97. The minimum absolute atomic E-state index is 0. The topological polar surface area (TPSA) is 70.6 Å². The number of hydrogen-bond donors (Lipinski definition) is 3. The molecule has 1 aliphatic carbocycles. The third kappa shape index (κ3) is 5.74. The molecule has 6 heteroatoms. The molecule has 21 heavy (non-hydrogen) atoms. The third-order valence-corrected chi connectivity index (χ3v) is 4.46. The number of halogens is 1. The SMILES string of the molecule is CCOC(CCNC(=O)C1CC(O)CN1)C1CCCC1.Cl. The van der Waals surface area contributed by atoms with Crippen molar-refractivity contribution in [2.45, 2.75) is 63.7 Å². The highest BCUT2D eigenvalue weighted by molar-refractivity contribution is 5.85. The maximum Gasteiger partial charge on any atom is 0.237 e. The van der Waals surface area contributed by atoms with Gasteiger partial charge in [0, 0.05) is 19.7 Å². The quantitative estimate of drug-likeness (QED) is 0.660. The Hall–Kier alpha value is -0.360. The molecule has 0 aromatic rings. The van der Waals surface area contributed by atoms with Crippen molar-refractivity contribution in [3.63, 3.8) is 0 Å². The Kier molecular flexibility index (Phi) is 8.56. The maximum atomic E-state index is 11.9. The number of rotatable bonds is 7. The first-order valence-corrected chi connectivity index (χ1v) is 8.01. The molecule has 5 nitrogen and oxygen atoms in total. The molecule has 1 aliphatic heterocycles. The van der Waals surface area contributed by atoms with Crippen molar-refractivity contribution >= 4 is 18.3 Å². The summed E-state index contributed by atoms with van der Waals surface area (Å²) in [5.41, 5.74) is 0. The molecular weight excluding hydrogens is 292 g/mol. The maximum absolute atomic E-state index is 11.9. The molecule has 1 heterocycles. The summed E-state index contributed by atoms with van der Waals surface area (Å²) in [6, 6.07) is -0.234. The Bertz CT molecular complexity index is 311. The summed E-state index contributed by atoms with van der Waals surface area (Å²) in [5.74, 6) is 0.668. The van der Waals surface area contributed by atoms with Gasteiger partial charge in [-0.3, -0.25) is 4.79 Å². The number of carbonyl (C=O) groups is 1. The molecule has 1 saturated carbocycles. The van der Waals surface area contributed by atoms with Crippen LogP contribution in [0.15, 0.2) is 0 Å². The summed E-state index contributed by atoms with van der Waals surface area (Å²) in [5, 5.41) is 15.4. The molecule has 0 spiro atoms. The molecule has 2 rings (SSSR count). The van der Waals surface area contributed by atoms with Gasteiger partial charge in [0.1, 0.15) is 0 Å². The normalized spacial score (nSPS) is 27.3. The lowest BCUT2D eigenvalue weighted by Gasteiger charge is -2.23. The monoisotopic (exact) mass is 320 g/mol. The smallest absolute Gasteiger partial charge is 0.237 e. The first kappa shape index (κ1) is 18.7. The summed E-state index contributed by atoms with van der Waals surface area (Å²) in [7, 11) is 0. The average molecular weight is 321 g/mol. The number of nitrogens with one attached hydrogen (secondary N) is 2. The molecule has 2 aliphatic rings. The van der Waals surface area contributed by atoms with Crippen molar-refractivity contribution in [2.24, 2.45) is 5.92 Å². The largest absolute Gasteiger partial charge is 0.392 e. The van der Waals surface area contributed by atoms with E-state index in [0.29, 0.717) is 25.4 Å². The Balaban J connectivity index is 0.00000220. The van der Waals surface area contributed by atoms with E-state index in [1.165, 1.54) is 25.7 Å². The van der Waals surface area contributed by atoms with Crippen LogP contribution < -0.4 is 10.6 Å². The van der Waals surface area contributed by atoms with Gasteiger partial charge in [0.15, 0.2) is 0 Å². The van der Waals surface area contributed by atoms with Gasteiger partial charge in [-0.1, -0.05) is 12.8 Å². The van der Waals surface area contributed by atoms with Crippen LogP contribution in [0.3, 0.4) is 0 Å². The van der Waals surface area contributed by atoms with Crippen molar-refractivity contribution in [3.8, 4) is 0 Å². The van der Waals surface area contributed by atoms with Gasteiger partial charge in [-0.25, -0.2) is 0 Å². The Morgan fingerprint density at radius 1 is 1.43 bits per heavy atom. The molecule has 124 valence electrons. The van der Waals surface area contributed by atoms with Crippen LogP contribution in [0.1, 0.15) is 45.4 Å². The van der Waals surface area contributed by atoms with Crippen LogP contribution >= 0.6 is 12.4 Å². The molecular formula is C15H29ClN2O3. The summed E-state index contributed by atoms with van der Waals surface area (Å²) < 4.78 is 5.84. The molecule has 0 aromatic carbocycles. The molecule has 1 amide bonds. The first-order valence-electron chi connectivity index (χ1n) is 8.01. The predicted molar refractivity (Wildman–Crippen MR) is 84.7 cm³/mol. The number of aliphatic hydroxyl groups is 1. The summed E-state index contributed by atoms with van der Waals surface area (Å²) in [6.07, 6.45) is 6.44. The Morgan fingerprint density at radius 2 is 2.14 bits per heavy atom. The standard InChI is InChI=1S/C15H28N2O3.ClH/c1-2-20-14(11-5-3-4-6-11)7-8-16-15(19)13-9-12(18)10-17-13;/h11-14,17-18H,2-10H2,1H3,(H,16,19);1H. The van der Waals surface area contributed by atoms with Crippen molar-refractivity contribution in [2.75, 3.05) is 19.7 Å². The number of β-amino-alcohol motifs (C(OH)–C–C–N with tert-alkyl or cyclic N) is 1. The van der Waals surface area contributed by atoms with Crippen LogP contribution in [0.5, 0.6) is 0 Å². The molecule has 0 bridgehead atoms. The number of hydrogen-bond acceptors (Lipinski definition) is 4. The molecule has 3 unspecified atom stereocenters. The van der Waals surface area contributed by atoms with Crippen LogP contribution in [0, 0.1) is 5.92 Å². The van der Waals surface area contributed by atoms with Gasteiger partial charge in [0.2, 0.25) is 5.91 Å². The zero-order valence-corrected chi connectivity index (χ0v) is 13.7. The van der Waals surface area contributed by atoms with Crippen LogP contribution in [0.2, 0.25) is 0 Å². The van der Waals surface area contributed by atoms with E-state index in [9.17, 15) is 9.90 Å². The Morgan fingerprint density at radius 3 is 2.71 bits per heavy atom. The van der Waals surface area contributed by atoms with Crippen molar-refractivity contribution in [1.82, 2.24) is 10.6 Å². The van der Waals surface area contributed by atoms with Gasteiger partial charge in [0.05, 0.1) is 18.2 Å². The van der Waals surface area contributed by atoms with E-state index in [-0.39, 0.29) is 36.6 Å². The minimum atomic E-state index is -0.389. The second-order valence-electron chi connectivity index (χ2n) is 5.97. The highest BCUT2D eigenvalue weighted by Gasteiger charge is 2.29. The van der Waals surface area contributed by atoms with Gasteiger partial charge < -0.3 is 20.5 Å². The fourth-order valence-corrected chi connectivity index (χ4v) is 3.38. The number of carbonyl (C=O) groups excluding carboxylic acids is 1. The lowest BCUT2D eigenvalue weighted by molar-refractivity contribution is -0.123. The summed E-state index contributed by atoms with van der Waals surface area (Å²) in [6.45, 7) is 3.95. The van der Waals surface area contributed by atoms with Gasteiger partial charge in [0.25, 0.3) is 0 Å². The fraction of sp³-hybridized carbons (Fsp3) is 0.933. The molecule has 0 radical (unpaired) electrons. The van der Waals surface area contributed by atoms with Crippen LogP contribution in [-0.2, 0) is 9.53 Å². The number of amides is 1. The van der Waals surface area contributed by atoms with Gasteiger partial charge in [-0.05, 0) is 38.5 Å². The van der Waals surface area contributed by atoms with Crippen molar-refractivity contribution < 1.29 is 14.6 Å². The molecule has 1 saturated heterocycles. The number of aliphatic hydroxyl groups excluding tert-OH is 1. The van der Waals surface area contributed by atoms with E-state index < -0.39 is 0 Å². The van der Waals surface area contributed by atoms with E-state index in [4.69, 9.17) is 4.74 Å². The van der Waals surface area contributed by atoms with E-state index in [1.807, 2.05) is 6.92 Å². The Labute approximate surface area is 133 Å². The lowest BCUT2D eigenvalue weighted by atomic mass is 9.98. The molecule has 3 N–H and O–H groups in total.